The summed E-state index contributed by atoms with van der Waals surface area (Å²) in [6.45, 7) is 2.16. The predicted molar refractivity (Wildman–Crippen MR) is 58.5 cm³/mol. The van der Waals surface area contributed by atoms with Crippen molar-refractivity contribution in [3.8, 4) is 0 Å². The lowest BCUT2D eigenvalue weighted by Gasteiger charge is -1.97. The van der Waals surface area contributed by atoms with Crippen molar-refractivity contribution in [3.05, 3.63) is 42.0 Å². The molecule has 0 radical (unpaired) electrons. The molecule has 1 atom stereocenters. The Morgan fingerprint density at radius 3 is 2.58 bits per heavy atom. The van der Waals surface area contributed by atoms with Crippen molar-refractivity contribution in [2.45, 2.75) is 18.2 Å². The lowest BCUT2D eigenvalue weighted by Crippen LogP contribution is -1.86. The number of rotatable bonds is 3. The van der Waals surface area contributed by atoms with Crippen molar-refractivity contribution in [3.63, 3.8) is 0 Å². The monoisotopic (exact) mass is 224 g/mol. The highest BCUT2D eigenvalue weighted by Crippen LogP contribution is 2.09. The second-order valence-electron chi connectivity index (χ2n) is 2.69. The van der Waals surface area contributed by atoms with Crippen LogP contribution in [0.2, 0.25) is 0 Å². The van der Waals surface area contributed by atoms with Crippen LogP contribution in [-0.2, 0) is 0 Å². The van der Waals surface area contributed by atoms with Crippen molar-refractivity contribution in [1.82, 2.24) is 0 Å². The smallest absolute Gasteiger partial charge is 0.0326 e. The van der Waals surface area contributed by atoms with Crippen LogP contribution >= 0.6 is 15.9 Å². The maximum Gasteiger partial charge on any atom is 0.0326 e. The Kier molecular flexibility index (Phi) is 4.09. The highest BCUT2D eigenvalue weighted by atomic mass is 79.9. The fraction of sp³-hybridized carbons (Fsp3) is 0.273. The van der Waals surface area contributed by atoms with Gasteiger partial charge in [-0.05, 0) is 12.0 Å². The second-order valence-corrected chi connectivity index (χ2v) is 3.87. The Hall–Kier alpha value is -0.560. The topological polar surface area (TPSA) is 0 Å². The first-order valence-corrected chi connectivity index (χ1v) is 5.12. The van der Waals surface area contributed by atoms with E-state index in [1.807, 2.05) is 6.07 Å². The highest BCUT2D eigenvalue weighted by Gasteiger charge is 1.91. The highest BCUT2D eigenvalue weighted by molar-refractivity contribution is 9.09. The van der Waals surface area contributed by atoms with Crippen molar-refractivity contribution in [2.75, 3.05) is 0 Å². The third kappa shape index (κ3) is 3.22. The predicted octanol–water partition coefficient (Wildman–Crippen LogP) is 3.87. The molecular weight excluding hydrogens is 212 g/mol. The summed E-state index contributed by atoms with van der Waals surface area (Å²) in [5, 5.41) is 0. The zero-order valence-corrected chi connectivity index (χ0v) is 8.79. The molecule has 0 aromatic heterocycles. The van der Waals surface area contributed by atoms with Gasteiger partial charge >= 0.3 is 0 Å². The number of allylic oxidation sites excluding steroid dienone is 1. The number of alkyl halides is 1. The SMILES string of the molecule is CCC(Br)/C=C/c1ccccc1. The van der Waals surface area contributed by atoms with Gasteiger partial charge in [0.15, 0.2) is 0 Å². The Bertz CT molecular complexity index is 238. The molecule has 1 aromatic rings. The fourth-order valence-corrected chi connectivity index (χ4v) is 1.07. The van der Waals surface area contributed by atoms with Crippen LogP contribution in [0.25, 0.3) is 6.08 Å². The minimum atomic E-state index is 0.498. The van der Waals surface area contributed by atoms with Gasteiger partial charge in [0.25, 0.3) is 0 Å². The second kappa shape index (κ2) is 5.15. The molecule has 1 aromatic carbocycles. The van der Waals surface area contributed by atoms with E-state index in [9.17, 15) is 0 Å². The number of hydrogen-bond donors (Lipinski definition) is 0. The zero-order valence-electron chi connectivity index (χ0n) is 7.20. The summed E-state index contributed by atoms with van der Waals surface area (Å²) in [5.41, 5.74) is 1.26. The third-order valence-corrected chi connectivity index (χ3v) is 2.64. The molecule has 0 nitrogen and oxygen atoms in total. The molecule has 0 amide bonds. The molecule has 0 N–H and O–H groups in total. The third-order valence-electron chi connectivity index (χ3n) is 1.69. The van der Waals surface area contributed by atoms with Crippen LogP contribution in [0.3, 0.4) is 0 Å². The summed E-state index contributed by atoms with van der Waals surface area (Å²) in [5.74, 6) is 0. The molecule has 0 fully saturated rings. The van der Waals surface area contributed by atoms with Gasteiger partial charge in [-0.25, -0.2) is 0 Å². The average molecular weight is 225 g/mol. The van der Waals surface area contributed by atoms with Crippen LogP contribution in [0.15, 0.2) is 36.4 Å². The van der Waals surface area contributed by atoms with E-state index in [1.165, 1.54) is 5.56 Å². The fourth-order valence-electron chi connectivity index (χ4n) is 0.916. The summed E-state index contributed by atoms with van der Waals surface area (Å²) < 4.78 is 0. The van der Waals surface area contributed by atoms with E-state index in [1.54, 1.807) is 0 Å². The Labute approximate surface area is 82.4 Å². The van der Waals surface area contributed by atoms with Crippen LogP contribution in [0.5, 0.6) is 0 Å². The molecule has 1 unspecified atom stereocenters. The Balaban J connectivity index is 2.58. The van der Waals surface area contributed by atoms with Crippen LogP contribution in [0.1, 0.15) is 18.9 Å². The number of halogens is 1. The summed E-state index contributed by atoms with van der Waals surface area (Å²) >= 11 is 3.55. The quantitative estimate of drug-likeness (QED) is 0.685. The molecule has 0 aliphatic carbocycles. The molecule has 0 saturated carbocycles. The largest absolute Gasteiger partial charge is 0.0845 e. The molecule has 64 valence electrons. The van der Waals surface area contributed by atoms with Gasteiger partial charge in [-0.3, -0.25) is 0 Å². The number of benzene rings is 1. The van der Waals surface area contributed by atoms with Crippen molar-refractivity contribution >= 4 is 22.0 Å². The van der Waals surface area contributed by atoms with Crippen molar-refractivity contribution < 1.29 is 0 Å². The zero-order chi connectivity index (χ0) is 8.81. The summed E-state index contributed by atoms with van der Waals surface area (Å²) in [7, 11) is 0. The molecule has 12 heavy (non-hydrogen) atoms. The van der Waals surface area contributed by atoms with E-state index in [2.05, 4.69) is 59.3 Å². The summed E-state index contributed by atoms with van der Waals surface area (Å²) in [4.78, 5) is 0.498. The minimum absolute atomic E-state index is 0.498. The van der Waals surface area contributed by atoms with E-state index >= 15 is 0 Å². The van der Waals surface area contributed by atoms with Gasteiger partial charge in [0.2, 0.25) is 0 Å². The van der Waals surface area contributed by atoms with Crippen LogP contribution in [0.4, 0.5) is 0 Å². The van der Waals surface area contributed by atoms with E-state index in [0.717, 1.165) is 6.42 Å². The molecular formula is C11H13Br. The average Bonchev–Trinajstić information content (AvgIpc) is 2.16. The first kappa shape index (κ1) is 9.53. The van der Waals surface area contributed by atoms with Crippen LogP contribution < -0.4 is 0 Å². The van der Waals surface area contributed by atoms with E-state index in [4.69, 9.17) is 0 Å². The molecule has 0 aliphatic heterocycles. The lowest BCUT2D eigenvalue weighted by molar-refractivity contribution is 0.995. The normalized spacial score (nSPS) is 13.5. The van der Waals surface area contributed by atoms with Crippen LogP contribution in [0, 0.1) is 0 Å². The molecule has 1 heteroatoms. The van der Waals surface area contributed by atoms with Crippen molar-refractivity contribution in [2.24, 2.45) is 0 Å². The van der Waals surface area contributed by atoms with Gasteiger partial charge in [-0.15, -0.1) is 0 Å². The maximum absolute atomic E-state index is 3.55. The minimum Gasteiger partial charge on any atom is -0.0845 e. The van der Waals surface area contributed by atoms with E-state index in [-0.39, 0.29) is 0 Å². The molecule has 1 rings (SSSR count). The van der Waals surface area contributed by atoms with Gasteiger partial charge in [0.05, 0.1) is 0 Å². The number of hydrogen-bond acceptors (Lipinski definition) is 0. The van der Waals surface area contributed by atoms with E-state index < -0.39 is 0 Å². The van der Waals surface area contributed by atoms with E-state index in [0.29, 0.717) is 4.83 Å². The first-order chi connectivity index (χ1) is 5.83. The van der Waals surface area contributed by atoms with Gasteiger partial charge in [0, 0.05) is 4.83 Å². The van der Waals surface area contributed by atoms with Crippen LogP contribution in [-0.4, -0.2) is 4.83 Å². The molecule has 0 spiro atoms. The lowest BCUT2D eigenvalue weighted by atomic mass is 10.2. The first-order valence-electron chi connectivity index (χ1n) is 4.20. The summed E-state index contributed by atoms with van der Waals surface area (Å²) in [6, 6.07) is 10.3. The molecule has 0 saturated heterocycles. The molecule has 0 aliphatic rings. The van der Waals surface area contributed by atoms with Gasteiger partial charge in [-0.2, -0.15) is 0 Å². The Morgan fingerprint density at radius 1 is 1.33 bits per heavy atom. The standard InChI is InChI=1S/C11H13Br/c1-2-11(12)9-8-10-6-4-3-5-7-10/h3-9,11H,2H2,1H3/b9-8+. The molecule has 0 heterocycles. The Morgan fingerprint density at radius 2 is 2.00 bits per heavy atom. The van der Waals surface area contributed by atoms with Gasteiger partial charge in [0.1, 0.15) is 0 Å². The maximum atomic E-state index is 3.55. The summed E-state index contributed by atoms with van der Waals surface area (Å²) in [6.07, 6.45) is 5.45. The van der Waals surface area contributed by atoms with Crippen molar-refractivity contribution in [1.29, 1.82) is 0 Å². The molecule has 0 bridgehead atoms. The van der Waals surface area contributed by atoms with Gasteiger partial charge in [-0.1, -0.05) is 65.3 Å². The van der Waals surface area contributed by atoms with Gasteiger partial charge < -0.3 is 0 Å².